The number of piperazine rings is 1. The summed E-state index contributed by atoms with van der Waals surface area (Å²) in [4.78, 5) is 26.5. The number of thiocarbonyl (C=S) groups is 1. The molecule has 1 saturated heterocycles. The van der Waals surface area contributed by atoms with Gasteiger partial charge in [-0.25, -0.2) is 4.79 Å². The molecule has 0 atom stereocenters. The minimum absolute atomic E-state index is 0.0301. The van der Waals surface area contributed by atoms with E-state index in [0.29, 0.717) is 49.2 Å². The summed E-state index contributed by atoms with van der Waals surface area (Å²) in [6, 6.07) is 19.4. The van der Waals surface area contributed by atoms with Crippen LogP contribution >= 0.6 is 23.8 Å². The Hall–Kier alpha value is -3.89. The molecule has 11 heteroatoms. The van der Waals surface area contributed by atoms with Crippen LogP contribution in [0.2, 0.25) is 5.02 Å². The highest BCUT2D eigenvalue weighted by Crippen LogP contribution is 2.31. The predicted octanol–water partition coefficient (Wildman–Crippen LogP) is 5.08. The average molecular weight is 526 g/mol. The Balaban J connectivity index is 1.38. The van der Waals surface area contributed by atoms with Gasteiger partial charge < -0.3 is 25.5 Å². The molecule has 1 fully saturated rings. The van der Waals surface area contributed by atoms with Crippen molar-refractivity contribution >= 4 is 57.7 Å². The number of hydrogen-bond donors (Lipinski definition) is 3. The highest BCUT2D eigenvalue weighted by molar-refractivity contribution is 7.80. The molecule has 0 unspecified atom stereocenters. The van der Waals surface area contributed by atoms with Crippen molar-refractivity contribution in [2.24, 2.45) is 0 Å². The second-order valence-electron chi connectivity index (χ2n) is 8.20. The van der Waals surface area contributed by atoms with Crippen LogP contribution in [0.1, 0.15) is 15.9 Å². The van der Waals surface area contributed by atoms with Gasteiger partial charge in [0.15, 0.2) is 5.11 Å². The molecule has 3 N–H and O–H groups in total. The molecule has 0 spiro atoms. The normalized spacial score (nSPS) is 13.2. The molecule has 0 aromatic heterocycles. The standard InChI is InChI=1S/C25H24ClN5O4S/c26-21-14-18(6-8-20(21)24(32)33)28-25(36)30-12-10-29(11-13-30)19-7-9-23(31(34)35)22(15-19)27-16-17-4-2-1-3-5-17/h1-9,14-15,27H,10-13,16H2,(H,28,36)(H,32,33). The number of carboxylic acid groups (broad SMARTS) is 1. The lowest BCUT2D eigenvalue weighted by Gasteiger charge is -2.37. The second kappa shape index (κ2) is 11.2. The lowest BCUT2D eigenvalue weighted by molar-refractivity contribution is -0.384. The smallest absolute Gasteiger partial charge is 0.337 e. The van der Waals surface area contributed by atoms with Crippen LogP contribution in [-0.2, 0) is 6.54 Å². The lowest BCUT2D eigenvalue weighted by atomic mass is 10.2. The summed E-state index contributed by atoms with van der Waals surface area (Å²) in [5.74, 6) is -1.09. The maximum Gasteiger partial charge on any atom is 0.337 e. The van der Waals surface area contributed by atoms with Crippen LogP contribution in [0.4, 0.5) is 22.7 Å². The van der Waals surface area contributed by atoms with Gasteiger partial charge in [-0.3, -0.25) is 10.1 Å². The fraction of sp³-hybridized carbons (Fsp3) is 0.200. The zero-order valence-corrected chi connectivity index (χ0v) is 20.8. The van der Waals surface area contributed by atoms with Crippen LogP contribution < -0.4 is 15.5 Å². The second-order valence-corrected chi connectivity index (χ2v) is 9.00. The SMILES string of the molecule is O=C(O)c1ccc(NC(=S)N2CCN(c3ccc([N+](=O)[O-])c(NCc4ccccc4)c3)CC2)cc1Cl. The lowest BCUT2D eigenvalue weighted by Crippen LogP contribution is -2.50. The van der Waals surface area contributed by atoms with Crippen LogP contribution in [0.5, 0.6) is 0 Å². The Morgan fingerprint density at radius 2 is 1.78 bits per heavy atom. The third kappa shape index (κ3) is 6.02. The number of nitro groups is 1. The van der Waals surface area contributed by atoms with Crippen molar-refractivity contribution in [1.82, 2.24) is 4.90 Å². The minimum atomic E-state index is -1.09. The summed E-state index contributed by atoms with van der Waals surface area (Å²) in [6.45, 7) is 3.14. The summed E-state index contributed by atoms with van der Waals surface area (Å²) in [5, 5.41) is 27.6. The van der Waals surface area contributed by atoms with Crippen molar-refractivity contribution in [3.05, 3.63) is 93.0 Å². The first-order valence-corrected chi connectivity index (χ1v) is 12.0. The van der Waals surface area contributed by atoms with E-state index in [2.05, 4.69) is 15.5 Å². The van der Waals surface area contributed by atoms with Gasteiger partial charge in [-0.2, -0.15) is 0 Å². The maximum absolute atomic E-state index is 11.5. The predicted molar refractivity (Wildman–Crippen MR) is 145 cm³/mol. The number of anilines is 3. The number of nitrogens with one attached hydrogen (secondary N) is 2. The zero-order valence-electron chi connectivity index (χ0n) is 19.2. The van der Waals surface area contributed by atoms with E-state index < -0.39 is 5.97 Å². The van der Waals surface area contributed by atoms with Gasteiger partial charge >= 0.3 is 5.97 Å². The summed E-state index contributed by atoms with van der Waals surface area (Å²) in [6.07, 6.45) is 0. The van der Waals surface area contributed by atoms with Crippen LogP contribution in [0.25, 0.3) is 0 Å². The molecule has 0 radical (unpaired) electrons. The monoisotopic (exact) mass is 525 g/mol. The third-order valence-electron chi connectivity index (χ3n) is 5.89. The van der Waals surface area contributed by atoms with Crippen molar-refractivity contribution in [3.63, 3.8) is 0 Å². The van der Waals surface area contributed by atoms with Gasteiger partial charge in [-0.1, -0.05) is 41.9 Å². The zero-order chi connectivity index (χ0) is 25.7. The molecule has 0 bridgehead atoms. The average Bonchev–Trinajstić information content (AvgIpc) is 2.87. The van der Waals surface area contributed by atoms with E-state index in [1.54, 1.807) is 12.1 Å². The molecule has 9 nitrogen and oxygen atoms in total. The van der Waals surface area contributed by atoms with Crippen LogP contribution in [0.3, 0.4) is 0 Å². The largest absolute Gasteiger partial charge is 0.478 e. The molecule has 3 aromatic carbocycles. The molecule has 0 aliphatic carbocycles. The Morgan fingerprint density at radius 1 is 1.06 bits per heavy atom. The van der Waals surface area contributed by atoms with Gasteiger partial charge in [-0.05, 0) is 48.1 Å². The molecular formula is C25H24ClN5O4S. The number of nitrogens with zero attached hydrogens (tertiary/aromatic N) is 3. The van der Waals surface area contributed by atoms with Crippen molar-refractivity contribution in [2.45, 2.75) is 6.54 Å². The molecular weight excluding hydrogens is 502 g/mol. The highest BCUT2D eigenvalue weighted by Gasteiger charge is 2.22. The Bertz CT molecular complexity index is 1280. The van der Waals surface area contributed by atoms with Gasteiger partial charge in [0, 0.05) is 50.2 Å². The molecule has 1 aliphatic heterocycles. The number of benzene rings is 3. The molecule has 3 aromatic rings. The van der Waals surface area contributed by atoms with Gasteiger partial charge in [0.25, 0.3) is 5.69 Å². The number of aromatic carboxylic acids is 1. The molecule has 0 saturated carbocycles. The van der Waals surface area contributed by atoms with E-state index in [9.17, 15) is 14.9 Å². The van der Waals surface area contributed by atoms with E-state index >= 15 is 0 Å². The summed E-state index contributed by atoms with van der Waals surface area (Å²) >= 11 is 11.6. The van der Waals surface area contributed by atoms with Crippen molar-refractivity contribution in [2.75, 3.05) is 41.7 Å². The van der Waals surface area contributed by atoms with Gasteiger partial charge in [-0.15, -0.1) is 0 Å². The summed E-state index contributed by atoms with van der Waals surface area (Å²) in [7, 11) is 0. The van der Waals surface area contributed by atoms with Crippen LogP contribution in [0.15, 0.2) is 66.7 Å². The summed E-state index contributed by atoms with van der Waals surface area (Å²) in [5.41, 5.74) is 3.08. The third-order valence-corrected chi connectivity index (χ3v) is 6.56. The van der Waals surface area contributed by atoms with E-state index in [1.165, 1.54) is 18.2 Å². The highest BCUT2D eigenvalue weighted by atomic mass is 35.5. The number of nitro benzene ring substituents is 1. The molecule has 1 heterocycles. The summed E-state index contributed by atoms with van der Waals surface area (Å²) < 4.78 is 0. The van der Waals surface area contributed by atoms with Gasteiger partial charge in [0.2, 0.25) is 0 Å². The van der Waals surface area contributed by atoms with E-state index in [4.69, 9.17) is 28.9 Å². The van der Waals surface area contributed by atoms with E-state index in [-0.39, 0.29) is 21.2 Å². The molecule has 0 amide bonds. The number of rotatable bonds is 7. The molecule has 4 rings (SSSR count). The fourth-order valence-corrected chi connectivity index (χ4v) is 4.51. The fourth-order valence-electron chi connectivity index (χ4n) is 3.95. The first-order chi connectivity index (χ1) is 17.3. The molecule has 36 heavy (non-hydrogen) atoms. The minimum Gasteiger partial charge on any atom is -0.478 e. The van der Waals surface area contributed by atoms with Crippen LogP contribution in [-0.4, -0.2) is 52.2 Å². The Kier molecular flexibility index (Phi) is 7.87. The quantitative estimate of drug-likeness (QED) is 0.221. The van der Waals surface area contributed by atoms with Gasteiger partial charge in [0.1, 0.15) is 5.69 Å². The molecule has 1 aliphatic rings. The number of carbonyl (C=O) groups is 1. The Labute approximate surface area is 218 Å². The van der Waals surface area contributed by atoms with Crippen molar-refractivity contribution in [3.8, 4) is 0 Å². The number of halogens is 1. The van der Waals surface area contributed by atoms with E-state index in [1.807, 2.05) is 41.3 Å². The van der Waals surface area contributed by atoms with Crippen molar-refractivity contribution < 1.29 is 14.8 Å². The number of hydrogen-bond acceptors (Lipinski definition) is 6. The maximum atomic E-state index is 11.5. The topological polar surface area (TPSA) is 111 Å². The number of carboxylic acids is 1. The first kappa shape index (κ1) is 25.2. The van der Waals surface area contributed by atoms with E-state index in [0.717, 1.165) is 11.3 Å². The Morgan fingerprint density at radius 3 is 2.42 bits per heavy atom. The first-order valence-electron chi connectivity index (χ1n) is 11.2. The van der Waals surface area contributed by atoms with Crippen molar-refractivity contribution in [1.29, 1.82) is 0 Å². The molecule has 186 valence electrons. The van der Waals surface area contributed by atoms with Crippen LogP contribution in [0, 0.1) is 10.1 Å². The van der Waals surface area contributed by atoms with Gasteiger partial charge in [0.05, 0.1) is 15.5 Å².